The van der Waals surface area contributed by atoms with E-state index in [1.807, 2.05) is 41.5 Å². The smallest absolute Gasteiger partial charge is 0.245 e. The van der Waals surface area contributed by atoms with Gasteiger partial charge in [-0.2, -0.15) is 0 Å². The predicted molar refractivity (Wildman–Crippen MR) is 330 cm³/mol. The molecule has 0 aromatic carbocycles. The quantitative estimate of drug-likeness (QED) is 0.0391. The third kappa shape index (κ3) is 30.2. The second-order valence-electron chi connectivity index (χ2n) is 25.8. The molecule has 0 radical (unpaired) electrons. The summed E-state index contributed by atoms with van der Waals surface area (Å²) in [6.07, 6.45) is 6.40. The van der Waals surface area contributed by atoms with Crippen LogP contribution in [-0.4, -0.2) is 172 Å². The van der Waals surface area contributed by atoms with Crippen LogP contribution < -0.4 is 53.2 Å². The molecule has 0 aromatic rings. The third-order valence-corrected chi connectivity index (χ3v) is 15.2. The van der Waals surface area contributed by atoms with Crippen LogP contribution in [0.25, 0.3) is 0 Å². The van der Waals surface area contributed by atoms with Crippen LogP contribution in [0.1, 0.15) is 213 Å². The number of aliphatic hydroxyl groups is 2. The highest BCUT2D eigenvalue weighted by Crippen LogP contribution is 2.23. The lowest BCUT2D eigenvalue weighted by molar-refractivity contribution is -0.140. The first-order valence-corrected chi connectivity index (χ1v) is 31.8. The van der Waals surface area contributed by atoms with Crippen molar-refractivity contribution in [1.29, 1.82) is 0 Å². The second kappa shape index (κ2) is 39.9. The zero-order valence-corrected chi connectivity index (χ0v) is 54.8. The molecule has 0 aromatic heterocycles. The number of nitrogens with zero attached hydrogens (tertiary/aromatic N) is 1. The fourth-order valence-electron chi connectivity index (χ4n) is 10.2. The van der Waals surface area contributed by atoms with Crippen LogP contribution in [0.3, 0.4) is 0 Å². The van der Waals surface area contributed by atoms with Crippen molar-refractivity contribution in [1.82, 2.24) is 58.1 Å². The van der Waals surface area contributed by atoms with E-state index in [4.69, 9.17) is 5.11 Å². The lowest BCUT2D eigenvalue weighted by Gasteiger charge is -2.32. The number of amides is 10. The maximum atomic E-state index is 14.5. The van der Waals surface area contributed by atoms with Crippen molar-refractivity contribution in [3.8, 4) is 0 Å². The molecule has 86 heavy (non-hydrogen) atoms. The van der Waals surface area contributed by atoms with Gasteiger partial charge in [-0.05, 0) is 117 Å². The van der Waals surface area contributed by atoms with E-state index >= 15 is 0 Å². The summed E-state index contributed by atoms with van der Waals surface area (Å²) in [7, 11) is 0. The molecule has 494 valence electrons. The summed E-state index contributed by atoms with van der Waals surface area (Å²) >= 11 is 0. The van der Waals surface area contributed by atoms with E-state index in [1.165, 1.54) is 39.5 Å². The van der Waals surface area contributed by atoms with E-state index in [0.717, 1.165) is 32.1 Å². The lowest BCUT2D eigenvalue weighted by atomic mass is 9.92. The van der Waals surface area contributed by atoms with Gasteiger partial charge in [0.25, 0.3) is 0 Å². The Labute approximate surface area is 513 Å². The van der Waals surface area contributed by atoms with Gasteiger partial charge < -0.3 is 68.3 Å². The molecule has 24 nitrogen and oxygen atoms in total. The molecule has 24 heteroatoms. The summed E-state index contributed by atoms with van der Waals surface area (Å²) < 4.78 is 0. The van der Waals surface area contributed by atoms with Gasteiger partial charge in [0.2, 0.25) is 59.1 Å². The van der Waals surface area contributed by atoms with Gasteiger partial charge in [-0.15, -0.1) is 0 Å². The molecule has 1 aliphatic heterocycles. The number of likely N-dealkylation sites (tertiary alicyclic amines) is 1. The van der Waals surface area contributed by atoms with Crippen LogP contribution in [0.2, 0.25) is 0 Å². The maximum Gasteiger partial charge on any atom is 0.245 e. The molecular weight excluding hydrogens is 1110 g/mol. The normalized spacial score (nSPS) is 16.7. The molecule has 0 spiro atoms. The van der Waals surface area contributed by atoms with Crippen molar-refractivity contribution in [3.63, 3.8) is 0 Å². The summed E-state index contributed by atoms with van der Waals surface area (Å²) in [5, 5.41) is 47.6. The number of rotatable bonds is 43. The van der Waals surface area contributed by atoms with Crippen LogP contribution in [0, 0.1) is 23.7 Å². The molecule has 1 aliphatic rings. The summed E-state index contributed by atoms with van der Waals surface area (Å²) in [6, 6.07) is -6.90. The number of hydrogen-bond donors (Lipinski definition) is 12. The Morgan fingerprint density at radius 2 is 1.12 bits per heavy atom. The first-order valence-electron chi connectivity index (χ1n) is 31.8. The largest absolute Gasteiger partial charge is 0.395 e. The van der Waals surface area contributed by atoms with E-state index < -0.39 is 101 Å². The van der Waals surface area contributed by atoms with E-state index in [2.05, 4.69) is 60.1 Å². The molecule has 1 rings (SSSR count). The Morgan fingerprint density at radius 3 is 1.67 bits per heavy atom. The first kappa shape index (κ1) is 78.3. The number of carbonyl (C=O) groups is 11. The number of unbranched alkanes of at least 4 members (excludes halogenated alkanes) is 3. The monoisotopic (exact) mass is 1220 g/mol. The van der Waals surface area contributed by atoms with E-state index in [-0.39, 0.29) is 118 Å². The summed E-state index contributed by atoms with van der Waals surface area (Å²) in [6.45, 7) is 27.1. The molecule has 1 heterocycles. The predicted octanol–water partition coefficient (Wildman–Crippen LogP) is 2.84. The molecule has 0 aliphatic carbocycles. The molecule has 1 fully saturated rings. The van der Waals surface area contributed by atoms with Crippen LogP contribution in [0.5, 0.6) is 0 Å². The van der Waals surface area contributed by atoms with Crippen LogP contribution >= 0.6 is 0 Å². The molecule has 10 amide bonds. The van der Waals surface area contributed by atoms with Gasteiger partial charge in [-0.1, -0.05) is 94.4 Å². The Balaban J connectivity index is 3.36. The summed E-state index contributed by atoms with van der Waals surface area (Å²) in [5.41, 5.74) is -3.29. The zero-order valence-electron chi connectivity index (χ0n) is 54.8. The maximum absolute atomic E-state index is 14.5. The highest BCUT2D eigenvalue weighted by Gasteiger charge is 2.40. The van der Waals surface area contributed by atoms with Gasteiger partial charge in [0.05, 0.1) is 12.7 Å². The standard InChI is InChI=1S/C62H113N11O13/c1-16-19-20-21-24-40(8)34-48(55(81)68-47(32-39(6)7)56(82)71-62(14,15)60(86)70-46(31-38(4)5)54(80)64-27-26-51(77)65-42(10)37-63-28-30-74)67-53(79)43(11)66-59(85)61(12,13)72-57(83)49(35-41(9)33-45(76)36-44(75)18-3)69-58(84)50-25-22-29-73(50)52(78)23-17-2/h38-43,45-50,63,74,76H,16-37H2,1-15H3,(H,64,80)(H,65,77)(H,66,85)(H,67,79)(H,68,81)(H,69,84)(H,70,86)(H,71,82)(H,72,83)/t40-,41+,42+,43-,45-,46-,47-,48-,49-,50-/m0/s1. The number of hydrogen-bond acceptors (Lipinski definition) is 14. The Bertz CT molecular complexity index is 2190. The van der Waals surface area contributed by atoms with Crippen molar-refractivity contribution < 1.29 is 63.0 Å². The topological polar surface area (TPSA) is 352 Å². The van der Waals surface area contributed by atoms with E-state index in [0.29, 0.717) is 38.9 Å². The van der Waals surface area contributed by atoms with Crippen molar-refractivity contribution in [2.45, 2.75) is 272 Å². The third-order valence-electron chi connectivity index (χ3n) is 15.2. The molecule has 10 atom stereocenters. The molecular formula is C62H113N11O13. The van der Waals surface area contributed by atoms with Crippen molar-refractivity contribution in [2.75, 3.05) is 32.8 Å². The molecule has 0 saturated carbocycles. The zero-order chi connectivity index (χ0) is 65.5. The van der Waals surface area contributed by atoms with Gasteiger partial charge in [0.1, 0.15) is 53.1 Å². The fourth-order valence-corrected chi connectivity index (χ4v) is 10.2. The average Bonchev–Trinajstić information content (AvgIpc) is 2.80. The minimum Gasteiger partial charge on any atom is -0.395 e. The Morgan fingerprint density at radius 1 is 0.570 bits per heavy atom. The van der Waals surface area contributed by atoms with Gasteiger partial charge in [-0.3, -0.25) is 52.7 Å². The highest BCUT2D eigenvalue weighted by atomic mass is 16.3. The average molecular weight is 1220 g/mol. The van der Waals surface area contributed by atoms with Crippen molar-refractivity contribution in [2.24, 2.45) is 23.7 Å². The van der Waals surface area contributed by atoms with Crippen molar-refractivity contribution >= 4 is 64.9 Å². The highest BCUT2D eigenvalue weighted by molar-refractivity contribution is 5.99. The SMILES string of the molecule is CCCCCC[C@H](C)C[C@H](NC(=O)[C@H](C)NC(=O)C(C)(C)NC(=O)[C@H](C[C@H](C)C[C@H](O)CC(=O)CC)NC(=O)[C@@H]1CCCN1C(=O)CCC)C(=O)N[C@@H](CC(C)C)C(=O)NC(C)(C)C(=O)N[C@@H](CC(C)C)C(=O)NCCC(=O)N[C@H](C)CNCCO. The van der Waals surface area contributed by atoms with E-state index in [1.54, 1.807) is 20.8 Å². The summed E-state index contributed by atoms with van der Waals surface area (Å²) in [5.74, 6) is -6.55. The number of carbonyl (C=O) groups excluding carboxylic acids is 11. The number of ketones is 1. The molecule has 12 N–H and O–H groups in total. The number of Topliss-reactive ketones (excluding diaryl/α,β-unsaturated/α-hetero) is 1. The number of aliphatic hydroxyl groups excluding tert-OH is 2. The van der Waals surface area contributed by atoms with Crippen LogP contribution in [-0.2, 0) is 52.7 Å². The lowest BCUT2D eigenvalue weighted by Crippen LogP contribution is -2.63. The Hall–Kier alpha value is -5.75. The minimum atomic E-state index is -1.69. The Kier molecular flexibility index (Phi) is 36.3. The fraction of sp³-hybridized carbons (Fsp3) is 0.823. The van der Waals surface area contributed by atoms with Gasteiger partial charge in [0, 0.05) is 57.9 Å². The second-order valence-corrected chi connectivity index (χ2v) is 25.8. The first-order chi connectivity index (χ1) is 40.2. The van der Waals surface area contributed by atoms with Gasteiger partial charge >= 0.3 is 0 Å². The number of nitrogens with one attached hydrogen (secondary N) is 10. The van der Waals surface area contributed by atoms with Crippen LogP contribution in [0.15, 0.2) is 0 Å². The summed E-state index contributed by atoms with van der Waals surface area (Å²) in [4.78, 5) is 152. The molecule has 0 bridgehead atoms. The van der Waals surface area contributed by atoms with Crippen molar-refractivity contribution in [3.05, 3.63) is 0 Å². The molecule has 0 unspecified atom stereocenters. The van der Waals surface area contributed by atoms with E-state index in [9.17, 15) is 57.8 Å². The van der Waals surface area contributed by atoms with Gasteiger partial charge in [0.15, 0.2) is 0 Å². The van der Waals surface area contributed by atoms with Gasteiger partial charge in [-0.25, -0.2) is 0 Å². The molecule has 1 saturated heterocycles. The van der Waals surface area contributed by atoms with Crippen LogP contribution in [0.4, 0.5) is 0 Å². The minimum absolute atomic E-state index is 0.00215.